The van der Waals surface area contributed by atoms with Gasteiger partial charge >= 0.3 is 0 Å². The number of benzene rings is 1. The first-order chi connectivity index (χ1) is 9.41. The second-order valence-corrected chi connectivity index (χ2v) is 4.10. The van der Waals surface area contributed by atoms with Crippen molar-refractivity contribution >= 4 is 23.2 Å². The van der Waals surface area contributed by atoms with Crippen LogP contribution in [0.5, 0.6) is 11.5 Å². The third-order valence-corrected chi connectivity index (χ3v) is 2.74. The molecule has 5 nitrogen and oxygen atoms in total. The number of amides is 1. The average Bonchev–Trinajstić information content (AvgIpc) is 2.41. The highest BCUT2D eigenvalue weighted by Gasteiger charge is 2.18. The Morgan fingerprint density at radius 1 is 1.20 bits per heavy atom. The molecule has 1 aromatic heterocycles. The van der Waals surface area contributed by atoms with Gasteiger partial charge < -0.3 is 16.2 Å². The Bertz CT molecular complexity index is 695. The number of hydrogen-bond donors (Lipinski definition) is 2. The van der Waals surface area contributed by atoms with E-state index in [-0.39, 0.29) is 17.2 Å². The Hall–Kier alpha value is -2.41. The monoisotopic (exact) mass is 299 g/mol. The molecule has 4 N–H and O–H groups in total. The second-order valence-electron chi connectivity index (χ2n) is 3.72. The number of primary amides is 1. The zero-order chi connectivity index (χ0) is 14.9. The van der Waals surface area contributed by atoms with Gasteiger partial charge in [0.05, 0.1) is 5.69 Å². The summed E-state index contributed by atoms with van der Waals surface area (Å²) in [6.45, 7) is 0. The van der Waals surface area contributed by atoms with Crippen molar-refractivity contribution in [3.8, 4) is 11.5 Å². The van der Waals surface area contributed by atoms with Gasteiger partial charge in [0, 0.05) is 12.3 Å². The number of nitrogen functional groups attached to an aromatic ring is 1. The molecule has 1 aromatic carbocycles. The van der Waals surface area contributed by atoms with Crippen LogP contribution in [0.1, 0.15) is 10.5 Å². The average molecular weight is 300 g/mol. The minimum absolute atomic E-state index is 0.154. The zero-order valence-corrected chi connectivity index (χ0v) is 10.6. The Labute approximate surface area is 117 Å². The van der Waals surface area contributed by atoms with Crippen molar-refractivity contribution in [2.75, 3.05) is 5.73 Å². The molecule has 0 aliphatic carbocycles. The van der Waals surface area contributed by atoms with Crippen molar-refractivity contribution in [2.24, 2.45) is 5.73 Å². The molecule has 2 rings (SSSR count). The molecule has 20 heavy (non-hydrogen) atoms. The van der Waals surface area contributed by atoms with Crippen LogP contribution in [0.2, 0.25) is 5.02 Å². The minimum atomic E-state index is -1.06. The lowest BCUT2D eigenvalue weighted by atomic mass is 10.2. The lowest BCUT2D eigenvalue weighted by molar-refractivity contribution is 0.0990. The fourth-order valence-corrected chi connectivity index (χ4v) is 1.63. The van der Waals surface area contributed by atoms with E-state index in [0.29, 0.717) is 0 Å². The molecule has 0 unspecified atom stereocenters. The molecule has 1 amide bonds. The molecule has 0 spiro atoms. The summed E-state index contributed by atoms with van der Waals surface area (Å²) in [7, 11) is 0. The van der Waals surface area contributed by atoms with Crippen LogP contribution in [0.4, 0.5) is 14.5 Å². The van der Waals surface area contributed by atoms with Crippen LogP contribution >= 0.6 is 11.6 Å². The number of aromatic nitrogens is 1. The summed E-state index contributed by atoms with van der Waals surface area (Å²) in [6, 6.07) is 3.63. The van der Waals surface area contributed by atoms with E-state index in [1.165, 1.54) is 12.1 Å². The summed E-state index contributed by atoms with van der Waals surface area (Å²) in [4.78, 5) is 14.4. The van der Waals surface area contributed by atoms with Crippen molar-refractivity contribution < 1.29 is 18.3 Å². The molecule has 0 aliphatic rings. The van der Waals surface area contributed by atoms with Gasteiger partial charge in [-0.05, 0) is 12.1 Å². The van der Waals surface area contributed by atoms with Gasteiger partial charge in [0.1, 0.15) is 10.8 Å². The van der Waals surface area contributed by atoms with Gasteiger partial charge in [0.15, 0.2) is 23.1 Å². The fraction of sp³-hybridized carbons (Fsp3) is 0. The molecular weight excluding hydrogens is 292 g/mol. The molecule has 0 bridgehead atoms. The van der Waals surface area contributed by atoms with Crippen molar-refractivity contribution in [1.29, 1.82) is 0 Å². The summed E-state index contributed by atoms with van der Waals surface area (Å²) < 4.78 is 32.5. The molecule has 104 valence electrons. The molecule has 0 saturated heterocycles. The molecule has 1 heterocycles. The van der Waals surface area contributed by atoms with Gasteiger partial charge in [-0.3, -0.25) is 4.79 Å². The van der Waals surface area contributed by atoms with E-state index in [4.69, 9.17) is 27.8 Å². The van der Waals surface area contributed by atoms with E-state index in [1.54, 1.807) is 0 Å². The number of hydrogen-bond acceptors (Lipinski definition) is 4. The largest absolute Gasteiger partial charge is 0.452 e. The van der Waals surface area contributed by atoms with E-state index in [2.05, 4.69) is 4.98 Å². The number of ether oxygens (including phenoxy) is 1. The Morgan fingerprint density at radius 2 is 1.90 bits per heavy atom. The third-order valence-electron chi connectivity index (χ3n) is 2.38. The van der Waals surface area contributed by atoms with E-state index in [1.807, 2.05) is 0 Å². The van der Waals surface area contributed by atoms with Gasteiger partial charge in [-0.25, -0.2) is 13.8 Å². The summed E-state index contributed by atoms with van der Waals surface area (Å²) in [5, 5.41) is -0.401. The highest BCUT2D eigenvalue weighted by Crippen LogP contribution is 2.34. The van der Waals surface area contributed by atoms with Crippen LogP contribution in [-0.2, 0) is 0 Å². The first-order valence-corrected chi connectivity index (χ1v) is 5.65. The van der Waals surface area contributed by atoms with Crippen LogP contribution in [0.3, 0.4) is 0 Å². The Morgan fingerprint density at radius 3 is 2.55 bits per heavy atom. The summed E-state index contributed by atoms with van der Waals surface area (Å²) in [5.41, 5.74) is 9.51. The third kappa shape index (κ3) is 2.48. The number of anilines is 1. The van der Waals surface area contributed by atoms with Crippen molar-refractivity contribution in [2.45, 2.75) is 0 Å². The number of carbonyl (C=O) groups excluding carboxylic acids is 1. The predicted octanol–water partition coefficient (Wildman–Crippen LogP) is 2.49. The Kier molecular flexibility index (Phi) is 3.71. The van der Waals surface area contributed by atoms with Crippen molar-refractivity contribution in [3.63, 3.8) is 0 Å². The van der Waals surface area contributed by atoms with Gasteiger partial charge in [-0.1, -0.05) is 11.6 Å². The summed E-state index contributed by atoms with van der Waals surface area (Å²) in [6.07, 6.45) is 1.13. The molecule has 0 fully saturated rings. The molecule has 0 radical (unpaired) electrons. The number of nitrogens with two attached hydrogens (primary N) is 2. The zero-order valence-electron chi connectivity index (χ0n) is 9.86. The maximum absolute atomic E-state index is 13.9. The van der Waals surface area contributed by atoms with Gasteiger partial charge in [0.2, 0.25) is 0 Å². The number of pyridine rings is 1. The maximum Gasteiger partial charge on any atom is 0.270 e. The SMILES string of the molecule is NC(=O)c1nccc(Oc2ccc(N)c(F)c2Cl)c1F. The number of nitrogens with zero attached hydrogens (tertiary/aromatic N) is 1. The number of carbonyl (C=O) groups is 1. The van der Waals surface area contributed by atoms with Crippen molar-refractivity contribution in [1.82, 2.24) is 4.98 Å². The van der Waals surface area contributed by atoms with E-state index in [0.717, 1.165) is 12.3 Å². The molecule has 0 aliphatic heterocycles. The smallest absolute Gasteiger partial charge is 0.270 e. The molecule has 2 aromatic rings. The van der Waals surface area contributed by atoms with E-state index >= 15 is 0 Å². The van der Waals surface area contributed by atoms with E-state index < -0.39 is 28.3 Å². The quantitative estimate of drug-likeness (QED) is 0.852. The van der Waals surface area contributed by atoms with Crippen LogP contribution in [-0.4, -0.2) is 10.9 Å². The second kappa shape index (κ2) is 5.30. The number of rotatable bonds is 3. The fourth-order valence-electron chi connectivity index (χ4n) is 1.42. The molecule has 0 saturated carbocycles. The molecule has 8 heteroatoms. The molecule has 0 atom stereocenters. The maximum atomic E-state index is 13.9. The Balaban J connectivity index is 2.43. The topological polar surface area (TPSA) is 91.2 Å². The van der Waals surface area contributed by atoms with Crippen LogP contribution < -0.4 is 16.2 Å². The first kappa shape index (κ1) is 14.0. The van der Waals surface area contributed by atoms with Crippen LogP contribution in [0, 0.1) is 11.6 Å². The highest BCUT2D eigenvalue weighted by molar-refractivity contribution is 6.32. The lowest BCUT2D eigenvalue weighted by Gasteiger charge is -2.10. The predicted molar refractivity (Wildman–Crippen MR) is 68.6 cm³/mol. The van der Waals surface area contributed by atoms with Crippen molar-refractivity contribution in [3.05, 3.63) is 46.7 Å². The van der Waals surface area contributed by atoms with Crippen LogP contribution in [0.15, 0.2) is 24.4 Å². The normalized spacial score (nSPS) is 10.3. The summed E-state index contributed by atoms with van der Waals surface area (Å²) in [5.74, 6) is -3.51. The lowest BCUT2D eigenvalue weighted by Crippen LogP contribution is -2.15. The standard InChI is InChI=1S/C12H8ClF2N3O2/c13-8-6(2-1-5(16)9(8)14)20-7-3-4-18-11(10(7)15)12(17)19/h1-4H,16H2,(H2,17,19). The minimum Gasteiger partial charge on any atom is -0.452 e. The van der Waals surface area contributed by atoms with E-state index in [9.17, 15) is 13.6 Å². The summed E-state index contributed by atoms with van der Waals surface area (Å²) >= 11 is 5.69. The number of halogens is 3. The molecular formula is C12H8ClF2N3O2. The van der Waals surface area contributed by atoms with Gasteiger partial charge in [0.25, 0.3) is 5.91 Å². The van der Waals surface area contributed by atoms with Gasteiger partial charge in [-0.2, -0.15) is 0 Å². The highest BCUT2D eigenvalue weighted by atomic mass is 35.5. The first-order valence-electron chi connectivity index (χ1n) is 5.27. The van der Waals surface area contributed by atoms with Gasteiger partial charge in [-0.15, -0.1) is 0 Å². The van der Waals surface area contributed by atoms with Crippen LogP contribution in [0.25, 0.3) is 0 Å².